The van der Waals surface area contributed by atoms with E-state index < -0.39 is 15.1 Å². The quantitative estimate of drug-likeness (QED) is 0.834. The second-order valence-corrected chi connectivity index (χ2v) is 8.90. The molecule has 0 spiro atoms. The Labute approximate surface area is 131 Å². The van der Waals surface area contributed by atoms with Gasteiger partial charge in [-0.2, -0.15) is 11.3 Å². The number of amides is 1. The zero-order valence-corrected chi connectivity index (χ0v) is 14.3. The number of hydrogen-bond acceptors (Lipinski definition) is 4. The maximum atomic E-state index is 12.3. The second-order valence-electron chi connectivity index (χ2n) is 5.86. The smallest absolute Gasteiger partial charge is 0.222 e. The summed E-state index contributed by atoms with van der Waals surface area (Å²) in [4.78, 5) is 14.0. The topological polar surface area (TPSA) is 54.5 Å². The van der Waals surface area contributed by atoms with Gasteiger partial charge < -0.3 is 4.90 Å². The molecule has 1 aliphatic carbocycles. The summed E-state index contributed by atoms with van der Waals surface area (Å²) in [7, 11) is -1.35. The normalized spacial score (nSPS) is 23.0. The number of thiophene rings is 1. The lowest BCUT2D eigenvalue weighted by Gasteiger charge is -2.37. The lowest BCUT2D eigenvalue weighted by molar-refractivity contribution is -0.132. The third-order valence-corrected chi connectivity index (χ3v) is 6.70. The van der Waals surface area contributed by atoms with E-state index >= 15 is 0 Å². The molecule has 4 nitrogen and oxygen atoms in total. The largest absolute Gasteiger partial charge is 0.341 e. The first-order chi connectivity index (χ1) is 9.89. The van der Waals surface area contributed by atoms with Crippen molar-refractivity contribution in [3.63, 3.8) is 0 Å². The van der Waals surface area contributed by atoms with Crippen molar-refractivity contribution >= 4 is 27.1 Å². The molecule has 0 unspecified atom stereocenters. The highest BCUT2D eigenvalue weighted by atomic mass is 32.2. The van der Waals surface area contributed by atoms with Gasteiger partial charge in [-0.3, -0.25) is 4.79 Å². The average molecular weight is 329 g/mol. The van der Waals surface area contributed by atoms with E-state index in [0.29, 0.717) is 12.8 Å². The van der Waals surface area contributed by atoms with Crippen LogP contribution in [0.5, 0.6) is 0 Å². The monoisotopic (exact) mass is 329 g/mol. The summed E-state index contributed by atoms with van der Waals surface area (Å²) >= 11 is 1.63. The molecule has 0 bridgehead atoms. The van der Waals surface area contributed by atoms with Crippen molar-refractivity contribution in [2.24, 2.45) is 0 Å². The molecule has 1 saturated carbocycles. The first kappa shape index (κ1) is 16.5. The van der Waals surface area contributed by atoms with Crippen molar-refractivity contribution in [3.05, 3.63) is 22.4 Å². The van der Waals surface area contributed by atoms with Crippen LogP contribution in [0, 0.1) is 0 Å². The zero-order chi connectivity index (χ0) is 15.5. The van der Waals surface area contributed by atoms with Crippen molar-refractivity contribution in [2.45, 2.75) is 49.8 Å². The van der Waals surface area contributed by atoms with Crippen LogP contribution in [0.4, 0.5) is 0 Å². The molecule has 6 heteroatoms. The fourth-order valence-corrected chi connectivity index (χ4v) is 5.25. The number of carbonyl (C=O) groups is 1. The van der Waals surface area contributed by atoms with Crippen LogP contribution in [0.15, 0.2) is 16.8 Å². The third-order valence-electron chi connectivity index (χ3n) is 4.32. The molecule has 0 aliphatic heterocycles. The van der Waals surface area contributed by atoms with Gasteiger partial charge in [-0.05, 0) is 41.7 Å². The highest BCUT2D eigenvalue weighted by molar-refractivity contribution is 7.91. The average Bonchev–Trinajstić information content (AvgIpc) is 2.96. The van der Waals surface area contributed by atoms with E-state index in [2.05, 4.69) is 0 Å². The summed E-state index contributed by atoms with van der Waals surface area (Å²) in [5, 5.41) is 3.65. The molecule has 1 heterocycles. The fraction of sp³-hybridized carbons (Fsp3) is 0.667. The number of sulfone groups is 1. The summed E-state index contributed by atoms with van der Waals surface area (Å²) in [6.07, 6.45) is 5.86. The molecule has 1 aliphatic rings. The summed E-state index contributed by atoms with van der Waals surface area (Å²) < 4.78 is 23.9. The standard InChI is InChI=1S/C15H23NO3S2/c1-16(15(17)8-7-12-9-10-20-11-12)13-5-3-4-6-14(13)21(2,18)19/h9-11,13-14H,3-8H2,1-2H3/t13-,14+/m1/s1. The molecule has 1 amide bonds. The fourth-order valence-electron chi connectivity index (χ4n) is 3.07. The van der Waals surface area contributed by atoms with Gasteiger partial charge in [0.05, 0.1) is 5.25 Å². The molecule has 0 saturated heterocycles. The summed E-state index contributed by atoms with van der Waals surface area (Å²) in [6, 6.07) is 1.86. The predicted octanol–water partition coefficient (Wildman–Crippen LogP) is 2.49. The number of hydrogen-bond donors (Lipinski definition) is 0. The van der Waals surface area contributed by atoms with Gasteiger partial charge in [0.25, 0.3) is 0 Å². The van der Waals surface area contributed by atoms with E-state index in [1.54, 1.807) is 23.3 Å². The Bertz CT molecular complexity index is 566. The van der Waals surface area contributed by atoms with Crippen LogP contribution in [0.1, 0.15) is 37.7 Å². The number of nitrogens with zero attached hydrogens (tertiary/aromatic N) is 1. The molecule has 0 aromatic carbocycles. The Balaban J connectivity index is 1.99. The van der Waals surface area contributed by atoms with Gasteiger partial charge in [0, 0.05) is 25.8 Å². The maximum Gasteiger partial charge on any atom is 0.222 e. The van der Waals surface area contributed by atoms with Gasteiger partial charge in [0.1, 0.15) is 0 Å². The highest BCUT2D eigenvalue weighted by Gasteiger charge is 2.36. The zero-order valence-electron chi connectivity index (χ0n) is 12.6. The van der Waals surface area contributed by atoms with Gasteiger partial charge in [0.15, 0.2) is 9.84 Å². The minimum Gasteiger partial charge on any atom is -0.341 e. The van der Waals surface area contributed by atoms with Crippen LogP contribution in [0.2, 0.25) is 0 Å². The van der Waals surface area contributed by atoms with Crippen LogP contribution in [-0.4, -0.2) is 43.8 Å². The van der Waals surface area contributed by atoms with Crippen molar-refractivity contribution < 1.29 is 13.2 Å². The molecule has 1 aromatic rings. The van der Waals surface area contributed by atoms with Gasteiger partial charge in [-0.1, -0.05) is 12.8 Å². The predicted molar refractivity (Wildman–Crippen MR) is 86.3 cm³/mol. The molecule has 0 radical (unpaired) electrons. The molecule has 118 valence electrons. The highest BCUT2D eigenvalue weighted by Crippen LogP contribution is 2.28. The van der Waals surface area contributed by atoms with E-state index in [1.807, 2.05) is 16.8 Å². The van der Waals surface area contributed by atoms with Crippen LogP contribution >= 0.6 is 11.3 Å². The minimum atomic E-state index is -3.10. The van der Waals surface area contributed by atoms with E-state index in [0.717, 1.165) is 25.7 Å². The van der Waals surface area contributed by atoms with Gasteiger partial charge in [-0.15, -0.1) is 0 Å². The van der Waals surface area contributed by atoms with Crippen molar-refractivity contribution in [1.82, 2.24) is 4.90 Å². The van der Waals surface area contributed by atoms with E-state index in [4.69, 9.17) is 0 Å². The number of aryl methyl sites for hydroxylation is 1. The van der Waals surface area contributed by atoms with Crippen LogP contribution in [-0.2, 0) is 21.1 Å². The molecule has 1 fully saturated rings. The third kappa shape index (κ3) is 4.30. The Kier molecular flexibility index (Phi) is 5.43. The molecule has 2 atom stereocenters. The van der Waals surface area contributed by atoms with Crippen molar-refractivity contribution in [3.8, 4) is 0 Å². The van der Waals surface area contributed by atoms with Gasteiger partial charge in [-0.25, -0.2) is 8.42 Å². The summed E-state index contributed by atoms with van der Waals surface area (Å²) in [6.45, 7) is 0. The van der Waals surface area contributed by atoms with Crippen molar-refractivity contribution in [1.29, 1.82) is 0 Å². The van der Waals surface area contributed by atoms with Gasteiger partial charge >= 0.3 is 0 Å². The Morgan fingerprint density at radius 2 is 2.10 bits per heavy atom. The van der Waals surface area contributed by atoms with Crippen molar-refractivity contribution in [2.75, 3.05) is 13.3 Å². The minimum absolute atomic E-state index is 0.0433. The van der Waals surface area contributed by atoms with Crippen LogP contribution in [0.25, 0.3) is 0 Å². The van der Waals surface area contributed by atoms with Gasteiger partial charge in [0.2, 0.25) is 5.91 Å². The lowest BCUT2D eigenvalue weighted by Crippen LogP contribution is -2.49. The Hall–Kier alpha value is -0.880. The van der Waals surface area contributed by atoms with Crippen LogP contribution in [0.3, 0.4) is 0 Å². The maximum absolute atomic E-state index is 12.3. The molecule has 2 rings (SSSR count). The first-order valence-corrected chi connectivity index (χ1v) is 10.2. The molecule has 0 N–H and O–H groups in total. The summed E-state index contributed by atoms with van der Waals surface area (Å²) in [5.74, 6) is 0.0433. The SMILES string of the molecule is CN(C(=O)CCc1ccsc1)[C@@H]1CCCC[C@@H]1S(C)(=O)=O. The molecule has 21 heavy (non-hydrogen) atoms. The van der Waals surface area contributed by atoms with E-state index in [-0.39, 0.29) is 11.9 Å². The number of carbonyl (C=O) groups excluding carboxylic acids is 1. The summed E-state index contributed by atoms with van der Waals surface area (Å²) in [5.41, 5.74) is 1.17. The number of rotatable bonds is 5. The Morgan fingerprint density at radius 3 is 2.71 bits per heavy atom. The Morgan fingerprint density at radius 1 is 1.38 bits per heavy atom. The van der Waals surface area contributed by atoms with E-state index in [9.17, 15) is 13.2 Å². The first-order valence-electron chi connectivity index (χ1n) is 7.35. The van der Waals surface area contributed by atoms with Crippen LogP contribution < -0.4 is 0 Å². The molecular formula is C15H23NO3S2. The second kappa shape index (κ2) is 6.92. The lowest BCUT2D eigenvalue weighted by atomic mass is 9.93. The van der Waals surface area contributed by atoms with E-state index in [1.165, 1.54) is 11.8 Å². The molecule has 1 aromatic heterocycles. The molecular weight excluding hydrogens is 306 g/mol.